The second-order valence-corrected chi connectivity index (χ2v) is 7.92. The van der Waals surface area contributed by atoms with Gasteiger partial charge in [-0.1, -0.05) is 24.3 Å². The van der Waals surface area contributed by atoms with E-state index in [9.17, 15) is 8.42 Å². The minimum absolute atomic E-state index is 0.196. The van der Waals surface area contributed by atoms with E-state index in [1.807, 2.05) is 25.1 Å². The van der Waals surface area contributed by atoms with Crippen molar-refractivity contribution in [2.24, 2.45) is 0 Å². The largest absolute Gasteiger partial charge is 0.255 e. The molecule has 0 N–H and O–H groups in total. The molecule has 0 bridgehead atoms. The lowest BCUT2D eigenvalue weighted by atomic mass is 10.1. The van der Waals surface area contributed by atoms with Crippen LogP contribution in [0.1, 0.15) is 16.7 Å². The first-order valence-electron chi connectivity index (χ1n) is 7.72. The van der Waals surface area contributed by atoms with E-state index in [0.717, 1.165) is 16.5 Å². The van der Waals surface area contributed by atoms with E-state index >= 15 is 0 Å². The third-order valence-electron chi connectivity index (χ3n) is 3.99. The van der Waals surface area contributed by atoms with Gasteiger partial charge in [0.25, 0.3) is 0 Å². The van der Waals surface area contributed by atoms with Gasteiger partial charge in [0.15, 0.2) is 0 Å². The summed E-state index contributed by atoms with van der Waals surface area (Å²) in [6, 6.07) is 16.0. The van der Waals surface area contributed by atoms with E-state index in [-0.39, 0.29) is 11.4 Å². The van der Waals surface area contributed by atoms with E-state index in [1.54, 1.807) is 49.6 Å². The maximum Gasteiger partial charge on any atom is 0.245 e. The summed E-state index contributed by atoms with van der Waals surface area (Å²) in [6.07, 6.45) is 1.67. The first-order chi connectivity index (χ1) is 11.9. The summed E-state index contributed by atoms with van der Waals surface area (Å²) in [7, 11) is -2.14. The summed E-state index contributed by atoms with van der Waals surface area (Å²) in [5, 5.41) is 9.64. The fourth-order valence-electron chi connectivity index (χ4n) is 2.65. The predicted octanol–water partition coefficient (Wildman–Crippen LogP) is 3.24. The number of benzene rings is 2. The highest BCUT2D eigenvalue weighted by Crippen LogP contribution is 2.25. The summed E-state index contributed by atoms with van der Waals surface area (Å²) in [5.41, 5.74) is 2.81. The molecule has 1 aromatic heterocycles. The molecule has 2 aromatic carbocycles. The Labute approximate surface area is 147 Å². The molecule has 0 aliphatic rings. The lowest BCUT2D eigenvalue weighted by Gasteiger charge is -2.18. The second kappa shape index (κ2) is 6.63. The Morgan fingerprint density at radius 3 is 2.56 bits per heavy atom. The highest BCUT2D eigenvalue weighted by molar-refractivity contribution is 7.89. The van der Waals surface area contributed by atoms with E-state index in [4.69, 9.17) is 5.26 Å². The molecule has 3 aromatic rings. The molecule has 0 amide bonds. The molecule has 3 rings (SSSR count). The number of aryl methyl sites for hydroxylation is 1. The van der Waals surface area contributed by atoms with E-state index in [0.29, 0.717) is 11.1 Å². The number of nitriles is 1. The Bertz CT molecular complexity index is 1070. The van der Waals surface area contributed by atoms with Crippen molar-refractivity contribution in [3.8, 4) is 6.07 Å². The van der Waals surface area contributed by atoms with Crippen molar-refractivity contribution in [1.82, 2.24) is 9.29 Å². The van der Waals surface area contributed by atoms with Crippen LogP contribution in [0.25, 0.3) is 10.9 Å². The number of rotatable bonds is 4. The Kier molecular flexibility index (Phi) is 4.53. The summed E-state index contributed by atoms with van der Waals surface area (Å²) in [4.78, 5) is 4.51. The van der Waals surface area contributed by atoms with Gasteiger partial charge in [-0.15, -0.1) is 0 Å². The van der Waals surface area contributed by atoms with Crippen LogP contribution in [-0.4, -0.2) is 24.8 Å². The minimum atomic E-state index is -3.69. The number of fused-ring (bicyclic) bond motifs is 1. The van der Waals surface area contributed by atoms with Crippen LogP contribution in [0.5, 0.6) is 0 Å². The molecule has 0 atom stereocenters. The molecule has 0 radical (unpaired) electrons. The molecular formula is C19H17N3O2S. The van der Waals surface area contributed by atoms with E-state index < -0.39 is 10.0 Å². The third kappa shape index (κ3) is 3.38. The zero-order valence-electron chi connectivity index (χ0n) is 14.0. The van der Waals surface area contributed by atoms with Crippen LogP contribution in [0.4, 0.5) is 0 Å². The molecule has 1 heterocycles. The third-order valence-corrected chi connectivity index (χ3v) is 5.82. The van der Waals surface area contributed by atoms with Crippen molar-refractivity contribution < 1.29 is 8.42 Å². The van der Waals surface area contributed by atoms with Gasteiger partial charge in [-0.05, 0) is 42.3 Å². The molecule has 0 fully saturated rings. The van der Waals surface area contributed by atoms with Gasteiger partial charge < -0.3 is 0 Å². The van der Waals surface area contributed by atoms with E-state index in [2.05, 4.69) is 4.98 Å². The topological polar surface area (TPSA) is 74.1 Å². The first kappa shape index (κ1) is 17.1. The van der Waals surface area contributed by atoms with Crippen LogP contribution in [0.3, 0.4) is 0 Å². The van der Waals surface area contributed by atoms with Crippen molar-refractivity contribution in [2.45, 2.75) is 18.4 Å². The quantitative estimate of drug-likeness (QED) is 0.723. The number of nitrogens with zero attached hydrogens (tertiary/aromatic N) is 3. The summed E-state index contributed by atoms with van der Waals surface area (Å²) in [5.74, 6) is 0. The predicted molar refractivity (Wildman–Crippen MR) is 96.3 cm³/mol. The lowest BCUT2D eigenvalue weighted by Crippen LogP contribution is -2.26. The standard InChI is InChI=1S/C19H17N3O2S/c1-14-10-17-4-3-5-18(19(17)21-12-14)25(23,24)22(2)13-16-8-6-15(11-20)7-9-16/h3-10,12H,13H2,1-2H3. The number of para-hydroxylation sites is 1. The van der Waals surface area contributed by atoms with Gasteiger partial charge in [0, 0.05) is 25.2 Å². The Hall–Kier alpha value is -2.75. The molecule has 6 heteroatoms. The van der Waals surface area contributed by atoms with Crippen molar-refractivity contribution in [3.05, 3.63) is 71.4 Å². The van der Waals surface area contributed by atoms with Crippen LogP contribution in [0.2, 0.25) is 0 Å². The summed E-state index contributed by atoms with van der Waals surface area (Å²) >= 11 is 0. The molecule has 0 saturated carbocycles. The molecule has 126 valence electrons. The van der Waals surface area contributed by atoms with Gasteiger partial charge in [-0.2, -0.15) is 9.57 Å². The first-order valence-corrected chi connectivity index (χ1v) is 9.16. The van der Waals surface area contributed by atoms with Crippen molar-refractivity contribution in [3.63, 3.8) is 0 Å². The van der Waals surface area contributed by atoms with Gasteiger partial charge in [-0.25, -0.2) is 8.42 Å². The molecule has 0 spiro atoms. The van der Waals surface area contributed by atoms with Gasteiger partial charge in [-0.3, -0.25) is 4.98 Å². The molecule has 0 aliphatic heterocycles. The van der Waals surface area contributed by atoms with E-state index in [1.165, 1.54) is 4.31 Å². The second-order valence-electron chi connectivity index (χ2n) is 5.91. The van der Waals surface area contributed by atoms with Gasteiger partial charge >= 0.3 is 0 Å². The normalized spacial score (nSPS) is 11.6. The minimum Gasteiger partial charge on any atom is -0.255 e. The Morgan fingerprint density at radius 2 is 1.88 bits per heavy atom. The zero-order chi connectivity index (χ0) is 18.0. The molecule has 0 aliphatic carbocycles. The average molecular weight is 351 g/mol. The van der Waals surface area contributed by atoms with Gasteiger partial charge in [0.2, 0.25) is 10.0 Å². The Balaban J connectivity index is 1.96. The Morgan fingerprint density at radius 1 is 1.16 bits per heavy atom. The fourth-order valence-corrected chi connectivity index (χ4v) is 3.97. The summed E-state index contributed by atoms with van der Waals surface area (Å²) in [6.45, 7) is 2.14. The van der Waals surface area contributed by atoms with Crippen LogP contribution in [0, 0.1) is 18.3 Å². The SMILES string of the molecule is Cc1cnc2c(S(=O)(=O)N(C)Cc3ccc(C#N)cc3)cccc2c1. The molecule has 0 saturated heterocycles. The van der Waals surface area contributed by atoms with Gasteiger partial charge in [0.1, 0.15) is 4.90 Å². The molecular weight excluding hydrogens is 334 g/mol. The number of hydrogen-bond acceptors (Lipinski definition) is 4. The van der Waals surface area contributed by atoms with Crippen LogP contribution in [-0.2, 0) is 16.6 Å². The monoisotopic (exact) mass is 351 g/mol. The molecule has 0 unspecified atom stereocenters. The van der Waals surface area contributed by atoms with Crippen molar-refractivity contribution in [2.75, 3.05) is 7.05 Å². The number of aromatic nitrogens is 1. The van der Waals surface area contributed by atoms with Crippen LogP contribution < -0.4 is 0 Å². The van der Waals surface area contributed by atoms with Crippen molar-refractivity contribution in [1.29, 1.82) is 5.26 Å². The van der Waals surface area contributed by atoms with Crippen LogP contribution in [0.15, 0.2) is 59.6 Å². The maximum absolute atomic E-state index is 13.0. The number of sulfonamides is 1. The summed E-state index contributed by atoms with van der Waals surface area (Å²) < 4.78 is 27.3. The number of pyridine rings is 1. The lowest BCUT2D eigenvalue weighted by molar-refractivity contribution is 0.467. The number of hydrogen-bond donors (Lipinski definition) is 0. The zero-order valence-corrected chi connectivity index (χ0v) is 14.8. The highest BCUT2D eigenvalue weighted by Gasteiger charge is 2.23. The smallest absolute Gasteiger partial charge is 0.245 e. The van der Waals surface area contributed by atoms with Gasteiger partial charge in [0.05, 0.1) is 17.1 Å². The fraction of sp³-hybridized carbons (Fsp3) is 0.158. The molecule has 5 nitrogen and oxygen atoms in total. The van der Waals surface area contributed by atoms with Crippen LogP contribution >= 0.6 is 0 Å². The highest BCUT2D eigenvalue weighted by atomic mass is 32.2. The average Bonchev–Trinajstić information content (AvgIpc) is 2.61. The maximum atomic E-state index is 13.0. The molecule has 25 heavy (non-hydrogen) atoms. The van der Waals surface area contributed by atoms with Crippen molar-refractivity contribution >= 4 is 20.9 Å².